The fourth-order valence-electron chi connectivity index (χ4n) is 4.51. The van der Waals surface area contributed by atoms with Crippen LogP contribution in [0.1, 0.15) is 69.4 Å². The fraction of sp³-hybridized carbons (Fsp3) is 0.538. The predicted octanol–water partition coefficient (Wildman–Crippen LogP) is 6.33. The van der Waals surface area contributed by atoms with Gasteiger partial charge >= 0.3 is 0 Å². The Bertz CT molecular complexity index is 702. The van der Waals surface area contributed by atoms with Crippen molar-refractivity contribution >= 4 is 0 Å². The molecule has 0 unspecified atom stereocenters. The molecule has 0 spiro atoms. The topological polar surface area (TPSA) is 30.5 Å². The normalized spacial score (nSPS) is 16.0. The first-order valence-electron chi connectivity index (χ1n) is 11.3. The fourth-order valence-corrected chi connectivity index (χ4v) is 4.51. The summed E-state index contributed by atoms with van der Waals surface area (Å²) in [7, 11) is 1.71. The average Bonchev–Trinajstić information content (AvgIpc) is 2.75. The summed E-state index contributed by atoms with van der Waals surface area (Å²) in [6.45, 7) is 6.10. The number of nitrogens with one attached hydrogen (secondary N) is 1. The van der Waals surface area contributed by atoms with E-state index in [2.05, 4.69) is 55.6 Å². The summed E-state index contributed by atoms with van der Waals surface area (Å²) >= 11 is 0. The van der Waals surface area contributed by atoms with Crippen molar-refractivity contribution in [2.75, 3.05) is 13.7 Å². The van der Waals surface area contributed by atoms with Crippen molar-refractivity contribution in [3.05, 3.63) is 59.7 Å². The highest BCUT2D eigenvalue weighted by Crippen LogP contribution is 2.38. The van der Waals surface area contributed by atoms with E-state index in [0.29, 0.717) is 5.92 Å². The second kappa shape index (κ2) is 11.3. The van der Waals surface area contributed by atoms with Gasteiger partial charge in [-0.25, -0.2) is 0 Å². The van der Waals surface area contributed by atoms with Crippen molar-refractivity contribution < 1.29 is 9.47 Å². The van der Waals surface area contributed by atoms with Crippen LogP contribution < -0.4 is 14.8 Å². The maximum absolute atomic E-state index is 5.84. The van der Waals surface area contributed by atoms with Gasteiger partial charge in [0, 0.05) is 6.54 Å². The third-order valence-electron chi connectivity index (χ3n) is 6.02. The molecule has 1 fully saturated rings. The van der Waals surface area contributed by atoms with E-state index in [9.17, 15) is 0 Å². The second-order valence-corrected chi connectivity index (χ2v) is 8.55. The van der Waals surface area contributed by atoms with Gasteiger partial charge in [0.2, 0.25) is 0 Å². The molecule has 29 heavy (non-hydrogen) atoms. The molecule has 3 heteroatoms. The summed E-state index contributed by atoms with van der Waals surface area (Å²) in [5, 5.41) is 3.65. The Morgan fingerprint density at radius 3 is 2.17 bits per heavy atom. The maximum atomic E-state index is 5.84. The summed E-state index contributed by atoms with van der Waals surface area (Å²) in [5.74, 6) is 3.33. The van der Waals surface area contributed by atoms with Crippen molar-refractivity contribution in [1.29, 1.82) is 0 Å². The number of hydrogen-bond donors (Lipinski definition) is 1. The summed E-state index contributed by atoms with van der Waals surface area (Å²) in [5.41, 5.74) is 2.77. The molecule has 1 saturated carbocycles. The molecular weight excluding hydrogens is 358 g/mol. The minimum absolute atomic E-state index is 0.220. The Balaban J connectivity index is 1.57. The molecule has 158 valence electrons. The van der Waals surface area contributed by atoms with E-state index in [-0.39, 0.29) is 6.10 Å². The highest BCUT2D eigenvalue weighted by Gasteiger charge is 2.24. The van der Waals surface area contributed by atoms with Crippen LogP contribution in [0.4, 0.5) is 0 Å². The predicted molar refractivity (Wildman–Crippen MR) is 121 cm³/mol. The molecule has 1 aliphatic carbocycles. The van der Waals surface area contributed by atoms with Gasteiger partial charge in [-0.15, -0.1) is 0 Å². The van der Waals surface area contributed by atoms with Gasteiger partial charge in [-0.1, -0.05) is 43.5 Å². The first-order valence-corrected chi connectivity index (χ1v) is 11.3. The molecule has 3 nitrogen and oxygen atoms in total. The molecule has 1 aliphatic rings. The van der Waals surface area contributed by atoms with E-state index in [0.717, 1.165) is 30.5 Å². The molecule has 2 aromatic carbocycles. The Kier molecular flexibility index (Phi) is 8.42. The lowest BCUT2D eigenvalue weighted by atomic mass is 9.75. The molecule has 0 bridgehead atoms. The monoisotopic (exact) mass is 395 g/mol. The van der Waals surface area contributed by atoms with Crippen LogP contribution in [0.3, 0.4) is 0 Å². The lowest BCUT2D eigenvalue weighted by Gasteiger charge is -2.31. The molecule has 0 saturated heterocycles. The van der Waals surface area contributed by atoms with Gasteiger partial charge in [-0.2, -0.15) is 0 Å². The molecular formula is C26H37NO2. The Morgan fingerprint density at radius 2 is 1.55 bits per heavy atom. The second-order valence-electron chi connectivity index (χ2n) is 8.55. The zero-order valence-corrected chi connectivity index (χ0v) is 18.3. The lowest BCUT2D eigenvalue weighted by molar-refractivity contribution is 0.242. The smallest absolute Gasteiger partial charge is 0.119 e. The maximum Gasteiger partial charge on any atom is 0.119 e. The van der Waals surface area contributed by atoms with Gasteiger partial charge in [0.15, 0.2) is 0 Å². The minimum atomic E-state index is 0.220. The minimum Gasteiger partial charge on any atom is -0.497 e. The van der Waals surface area contributed by atoms with Crippen molar-refractivity contribution in [2.24, 2.45) is 5.92 Å². The standard InChI is InChI=1S/C26H37NO2/c1-20(2)29-25-15-11-23(12-16-25)26(22-7-5-4-6-8-22)17-18-27-19-21-9-13-24(28-3)14-10-21/h9-16,20,22,26-27H,4-8,17-19H2,1-3H3/t26-/m0/s1. The van der Waals surface area contributed by atoms with Gasteiger partial charge in [-0.05, 0) is 86.9 Å². The van der Waals surface area contributed by atoms with Crippen LogP contribution in [0.5, 0.6) is 11.5 Å². The van der Waals surface area contributed by atoms with Crippen LogP contribution in [0.15, 0.2) is 48.5 Å². The molecule has 2 aromatic rings. The zero-order valence-electron chi connectivity index (χ0n) is 18.3. The van der Waals surface area contributed by atoms with Gasteiger partial charge in [0.1, 0.15) is 11.5 Å². The number of hydrogen-bond acceptors (Lipinski definition) is 3. The largest absolute Gasteiger partial charge is 0.497 e. The van der Waals surface area contributed by atoms with E-state index >= 15 is 0 Å². The quantitative estimate of drug-likeness (QED) is 0.477. The van der Waals surface area contributed by atoms with Crippen molar-refractivity contribution in [3.63, 3.8) is 0 Å². The van der Waals surface area contributed by atoms with Crippen LogP contribution >= 0.6 is 0 Å². The first kappa shape index (κ1) is 21.7. The Labute approximate surface area is 176 Å². The van der Waals surface area contributed by atoms with Crippen LogP contribution in [-0.2, 0) is 6.54 Å². The van der Waals surface area contributed by atoms with Gasteiger partial charge < -0.3 is 14.8 Å². The lowest BCUT2D eigenvalue weighted by Crippen LogP contribution is -2.22. The Hall–Kier alpha value is -2.00. The molecule has 0 heterocycles. The molecule has 0 aliphatic heterocycles. The van der Waals surface area contributed by atoms with Crippen LogP contribution in [0, 0.1) is 5.92 Å². The van der Waals surface area contributed by atoms with Crippen molar-refractivity contribution in [1.82, 2.24) is 5.32 Å². The number of benzene rings is 2. The molecule has 0 aromatic heterocycles. The molecule has 0 radical (unpaired) electrons. The molecule has 1 N–H and O–H groups in total. The van der Waals surface area contributed by atoms with E-state index in [1.54, 1.807) is 7.11 Å². The van der Waals surface area contributed by atoms with Gasteiger partial charge in [-0.3, -0.25) is 0 Å². The summed E-state index contributed by atoms with van der Waals surface area (Å²) < 4.78 is 11.1. The number of rotatable bonds is 10. The molecule has 1 atom stereocenters. The number of methoxy groups -OCH3 is 1. The third kappa shape index (κ3) is 6.78. The van der Waals surface area contributed by atoms with E-state index in [1.165, 1.54) is 49.7 Å². The molecule has 0 amide bonds. The average molecular weight is 396 g/mol. The highest BCUT2D eigenvalue weighted by molar-refractivity contribution is 5.30. The van der Waals surface area contributed by atoms with E-state index < -0.39 is 0 Å². The van der Waals surface area contributed by atoms with Crippen LogP contribution in [0.25, 0.3) is 0 Å². The SMILES string of the molecule is COc1ccc(CNCC[C@H](c2ccc(OC(C)C)cc2)C2CCCCC2)cc1. The van der Waals surface area contributed by atoms with Crippen molar-refractivity contribution in [2.45, 2.75) is 70.9 Å². The van der Waals surface area contributed by atoms with E-state index in [1.807, 2.05) is 12.1 Å². The van der Waals surface area contributed by atoms with Crippen LogP contribution in [-0.4, -0.2) is 19.8 Å². The summed E-state index contributed by atoms with van der Waals surface area (Å²) in [6, 6.07) is 17.2. The first-order chi connectivity index (χ1) is 14.2. The third-order valence-corrected chi connectivity index (χ3v) is 6.02. The van der Waals surface area contributed by atoms with Gasteiger partial charge in [0.25, 0.3) is 0 Å². The summed E-state index contributed by atoms with van der Waals surface area (Å²) in [4.78, 5) is 0. The zero-order chi connectivity index (χ0) is 20.5. The summed E-state index contributed by atoms with van der Waals surface area (Å²) in [6.07, 6.45) is 8.31. The van der Waals surface area contributed by atoms with Crippen LogP contribution in [0.2, 0.25) is 0 Å². The van der Waals surface area contributed by atoms with Crippen molar-refractivity contribution in [3.8, 4) is 11.5 Å². The van der Waals surface area contributed by atoms with Gasteiger partial charge in [0.05, 0.1) is 13.2 Å². The highest BCUT2D eigenvalue weighted by atomic mass is 16.5. The molecule has 3 rings (SSSR count). The van der Waals surface area contributed by atoms with E-state index in [4.69, 9.17) is 9.47 Å². The Morgan fingerprint density at radius 1 is 0.897 bits per heavy atom. The number of ether oxygens (including phenoxy) is 2.